The number of morpholine rings is 1. The summed E-state index contributed by atoms with van der Waals surface area (Å²) in [5.41, 5.74) is 2.86. The van der Waals surface area contributed by atoms with Crippen molar-refractivity contribution in [2.75, 3.05) is 19.6 Å². The summed E-state index contributed by atoms with van der Waals surface area (Å²) in [5.74, 6) is 0.693. The molecule has 1 saturated heterocycles. The van der Waals surface area contributed by atoms with Crippen LogP contribution in [-0.4, -0.2) is 36.7 Å². The molecular formula is C18H30N2O. The van der Waals surface area contributed by atoms with Gasteiger partial charge in [-0.05, 0) is 37.4 Å². The van der Waals surface area contributed by atoms with Crippen LogP contribution in [-0.2, 0) is 17.8 Å². The second kappa shape index (κ2) is 7.92. The van der Waals surface area contributed by atoms with Crippen LogP contribution in [0.3, 0.4) is 0 Å². The molecule has 0 aromatic heterocycles. The number of nitrogens with one attached hydrogen (secondary N) is 1. The molecule has 1 aromatic rings. The molecule has 0 saturated carbocycles. The maximum absolute atomic E-state index is 5.82. The Morgan fingerprint density at radius 2 is 1.76 bits per heavy atom. The number of benzene rings is 1. The highest BCUT2D eigenvalue weighted by Crippen LogP contribution is 2.17. The molecule has 2 atom stereocenters. The van der Waals surface area contributed by atoms with Gasteiger partial charge in [-0.15, -0.1) is 0 Å². The molecule has 118 valence electrons. The lowest BCUT2D eigenvalue weighted by molar-refractivity contribution is -0.0705. The van der Waals surface area contributed by atoms with Crippen molar-refractivity contribution in [2.24, 2.45) is 5.92 Å². The first kappa shape index (κ1) is 16.5. The standard InChI is InChI=1S/C18H30N2O/c1-14(2)9-19-10-17-7-5-6-8-18(17)13-20-11-15(3)21-16(4)12-20/h5-8,14-16,19H,9-13H2,1-4H3. The van der Waals surface area contributed by atoms with Gasteiger partial charge in [0.1, 0.15) is 0 Å². The Morgan fingerprint density at radius 3 is 2.38 bits per heavy atom. The van der Waals surface area contributed by atoms with Gasteiger partial charge in [-0.3, -0.25) is 4.90 Å². The van der Waals surface area contributed by atoms with E-state index in [1.807, 2.05) is 0 Å². The van der Waals surface area contributed by atoms with Crippen molar-refractivity contribution in [1.82, 2.24) is 10.2 Å². The van der Waals surface area contributed by atoms with Crippen molar-refractivity contribution in [3.63, 3.8) is 0 Å². The fourth-order valence-corrected chi connectivity index (χ4v) is 3.03. The summed E-state index contributed by atoms with van der Waals surface area (Å²) in [6.07, 6.45) is 0.667. The van der Waals surface area contributed by atoms with E-state index in [0.717, 1.165) is 32.7 Å². The predicted molar refractivity (Wildman–Crippen MR) is 88.3 cm³/mol. The Labute approximate surface area is 129 Å². The van der Waals surface area contributed by atoms with Gasteiger partial charge in [0, 0.05) is 26.2 Å². The summed E-state index contributed by atoms with van der Waals surface area (Å²) < 4.78 is 5.82. The van der Waals surface area contributed by atoms with Gasteiger partial charge < -0.3 is 10.1 Å². The second-order valence-corrected chi connectivity index (χ2v) is 6.74. The average molecular weight is 290 g/mol. The van der Waals surface area contributed by atoms with Gasteiger partial charge in [-0.1, -0.05) is 38.1 Å². The van der Waals surface area contributed by atoms with Gasteiger partial charge in [-0.25, -0.2) is 0 Å². The van der Waals surface area contributed by atoms with Crippen LogP contribution < -0.4 is 5.32 Å². The van der Waals surface area contributed by atoms with Gasteiger partial charge in [0.15, 0.2) is 0 Å². The van der Waals surface area contributed by atoms with Crippen LogP contribution in [0.1, 0.15) is 38.8 Å². The van der Waals surface area contributed by atoms with Gasteiger partial charge in [0.2, 0.25) is 0 Å². The van der Waals surface area contributed by atoms with Crippen LogP contribution in [0.2, 0.25) is 0 Å². The average Bonchev–Trinajstić information content (AvgIpc) is 2.39. The Hall–Kier alpha value is -0.900. The first-order valence-electron chi connectivity index (χ1n) is 8.20. The normalized spacial score (nSPS) is 23.7. The van der Waals surface area contributed by atoms with Crippen molar-refractivity contribution in [3.05, 3.63) is 35.4 Å². The summed E-state index contributed by atoms with van der Waals surface area (Å²) in [4.78, 5) is 2.51. The number of hydrogen-bond donors (Lipinski definition) is 1. The molecule has 1 fully saturated rings. The molecule has 1 heterocycles. The minimum absolute atomic E-state index is 0.333. The molecule has 3 heteroatoms. The molecule has 1 aliphatic heterocycles. The molecule has 3 nitrogen and oxygen atoms in total. The number of nitrogens with zero attached hydrogens (tertiary/aromatic N) is 1. The molecular weight excluding hydrogens is 260 g/mol. The molecule has 1 N–H and O–H groups in total. The first-order chi connectivity index (χ1) is 10.0. The third kappa shape index (κ3) is 5.42. The van der Waals surface area contributed by atoms with E-state index in [9.17, 15) is 0 Å². The van der Waals surface area contributed by atoms with Crippen molar-refractivity contribution in [3.8, 4) is 0 Å². The zero-order valence-corrected chi connectivity index (χ0v) is 13.9. The maximum atomic E-state index is 5.82. The molecule has 21 heavy (non-hydrogen) atoms. The number of ether oxygens (including phenoxy) is 1. The second-order valence-electron chi connectivity index (χ2n) is 6.74. The molecule has 0 radical (unpaired) electrons. The monoisotopic (exact) mass is 290 g/mol. The van der Waals surface area contributed by atoms with E-state index in [1.54, 1.807) is 0 Å². The molecule has 1 aliphatic rings. The van der Waals surface area contributed by atoms with Crippen LogP contribution in [0.25, 0.3) is 0 Å². The van der Waals surface area contributed by atoms with Gasteiger partial charge in [0.25, 0.3) is 0 Å². The topological polar surface area (TPSA) is 24.5 Å². The Kier molecular flexibility index (Phi) is 6.22. The lowest BCUT2D eigenvalue weighted by Crippen LogP contribution is -2.45. The van der Waals surface area contributed by atoms with E-state index in [0.29, 0.717) is 18.1 Å². The summed E-state index contributed by atoms with van der Waals surface area (Å²) in [5, 5.41) is 3.55. The quantitative estimate of drug-likeness (QED) is 0.871. The van der Waals surface area contributed by atoms with E-state index in [-0.39, 0.29) is 0 Å². The van der Waals surface area contributed by atoms with Crippen LogP contribution in [0.4, 0.5) is 0 Å². The zero-order chi connectivity index (χ0) is 15.2. The summed E-state index contributed by atoms with van der Waals surface area (Å²) >= 11 is 0. The zero-order valence-electron chi connectivity index (χ0n) is 13.9. The van der Waals surface area contributed by atoms with E-state index in [1.165, 1.54) is 11.1 Å². The van der Waals surface area contributed by atoms with Gasteiger partial charge in [0.05, 0.1) is 12.2 Å². The highest BCUT2D eigenvalue weighted by molar-refractivity contribution is 5.27. The lowest BCUT2D eigenvalue weighted by atomic mass is 10.1. The van der Waals surface area contributed by atoms with Crippen LogP contribution in [0.5, 0.6) is 0 Å². The van der Waals surface area contributed by atoms with Gasteiger partial charge in [-0.2, -0.15) is 0 Å². The SMILES string of the molecule is CC(C)CNCc1ccccc1CN1CC(C)OC(C)C1. The minimum Gasteiger partial charge on any atom is -0.373 e. The highest BCUT2D eigenvalue weighted by atomic mass is 16.5. The van der Waals surface area contributed by atoms with Crippen LogP contribution in [0, 0.1) is 5.92 Å². The summed E-state index contributed by atoms with van der Waals surface area (Å²) in [6, 6.07) is 8.79. The predicted octanol–water partition coefficient (Wildman–Crippen LogP) is 3.04. The third-order valence-electron chi connectivity index (χ3n) is 3.88. The Morgan fingerprint density at radius 1 is 1.14 bits per heavy atom. The first-order valence-corrected chi connectivity index (χ1v) is 8.20. The van der Waals surface area contributed by atoms with Crippen molar-refractivity contribution in [1.29, 1.82) is 0 Å². The smallest absolute Gasteiger partial charge is 0.0678 e. The minimum atomic E-state index is 0.333. The lowest BCUT2D eigenvalue weighted by Gasteiger charge is -2.35. The maximum Gasteiger partial charge on any atom is 0.0678 e. The fraction of sp³-hybridized carbons (Fsp3) is 0.667. The molecule has 1 aromatic carbocycles. The third-order valence-corrected chi connectivity index (χ3v) is 3.88. The largest absolute Gasteiger partial charge is 0.373 e. The van der Waals surface area contributed by atoms with Crippen molar-refractivity contribution < 1.29 is 4.74 Å². The molecule has 2 rings (SSSR count). The fourth-order valence-electron chi connectivity index (χ4n) is 3.03. The van der Waals surface area contributed by atoms with Crippen LogP contribution in [0.15, 0.2) is 24.3 Å². The molecule has 0 amide bonds. The van der Waals surface area contributed by atoms with E-state index >= 15 is 0 Å². The van der Waals surface area contributed by atoms with Gasteiger partial charge >= 0.3 is 0 Å². The van der Waals surface area contributed by atoms with Crippen LogP contribution >= 0.6 is 0 Å². The number of rotatable bonds is 6. The summed E-state index contributed by atoms with van der Waals surface area (Å²) in [7, 11) is 0. The Bertz CT molecular complexity index is 423. The van der Waals surface area contributed by atoms with E-state index in [4.69, 9.17) is 4.74 Å². The van der Waals surface area contributed by atoms with Crippen molar-refractivity contribution >= 4 is 0 Å². The molecule has 0 aliphatic carbocycles. The molecule has 0 spiro atoms. The molecule has 0 bridgehead atoms. The van der Waals surface area contributed by atoms with E-state index < -0.39 is 0 Å². The molecule has 2 unspecified atom stereocenters. The highest BCUT2D eigenvalue weighted by Gasteiger charge is 2.22. The summed E-state index contributed by atoms with van der Waals surface area (Å²) in [6.45, 7) is 13.9. The van der Waals surface area contributed by atoms with E-state index in [2.05, 4.69) is 62.2 Å². The Balaban J connectivity index is 1.95. The van der Waals surface area contributed by atoms with Crippen molar-refractivity contribution in [2.45, 2.75) is 53.0 Å². The number of hydrogen-bond acceptors (Lipinski definition) is 3.